The van der Waals surface area contributed by atoms with Gasteiger partial charge in [0.1, 0.15) is 51.8 Å². The number of ketones is 2. The van der Waals surface area contributed by atoms with Crippen LogP contribution in [-0.2, 0) is 113 Å². The second-order valence-electron chi connectivity index (χ2n) is 52.0. The van der Waals surface area contributed by atoms with E-state index in [1.807, 2.05) is 66.7 Å². The van der Waals surface area contributed by atoms with E-state index in [0.717, 1.165) is 90.7 Å². The molecule has 0 fully saturated rings. The van der Waals surface area contributed by atoms with Crippen molar-refractivity contribution in [3.05, 3.63) is 339 Å². The number of aliphatic hydroxyl groups excluding tert-OH is 4. The lowest BCUT2D eigenvalue weighted by molar-refractivity contribution is -0.115. The third-order valence-corrected chi connectivity index (χ3v) is 27.1. The number of unbranched alkanes of at least 4 members (excludes halogenated alkanes) is 1. The van der Waals surface area contributed by atoms with Crippen molar-refractivity contribution >= 4 is 17.1 Å². The number of allylic oxidation sites excluding steroid dienone is 5. The molecule has 12 N–H and O–H groups in total. The molecule has 2 aliphatic carbocycles. The maximum Gasteiger partial charge on any atom is 0.275 e. The second-order valence-corrected chi connectivity index (χ2v) is 52.0. The molecule has 2 aliphatic rings. The molecule has 0 heterocycles. The Labute approximate surface area is 854 Å². The van der Waals surface area contributed by atoms with Crippen molar-refractivity contribution < 1.29 is 70.9 Å². The van der Waals surface area contributed by atoms with Crippen LogP contribution in [0.1, 0.15) is 403 Å². The Balaban J connectivity index is 0.000000343. The summed E-state index contributed by atoms with van der Waals surface area (Å²) in [5, 5.41) is 134. The van der Waals surface area contributed by atoms with E-state index in [0.29, 0.717) is 30.6 Å². The summed E-state index contributed by atoms with van der Waals surface area (Å²) < 4.78 is 0. The van der Waals surface area contributed by atoms with Crippen molar-refractivity contribution in [1.29, 1.82) is 0 Å². The Kier molecular flexibility index (Phi) is 34.8. The molecule has 16 heteroatoms. The van der Waals surface area contributed by atoms with Crippen molar-refractivity contribution in [2.24, 2.45) is 0 Å². The largest absolute Gasteiger partial charge is 0.507 e. The van der Waals surface area contributed by atoms with Gasteiger partial charge in [0.05, 0.1) is 22.3 Å². The predicted molar refractivity (Wildman–Crippen MR) is 588 cm³/mol. The van der Waals surface area contributed by atoms with Crippen LogP contribution < -0.4 is 10.9 Å². The third-order valence-electron chi connectivity index (χ3n) is 27.1. The number of hydrogen-bond acceptors (Lipinski definition) is 16. The van der Waals surface area contributed by atoms with E-state index in [1.165, 1.54) is 33.9 Å². The van der Waals surface area contributed by atoms with Crippen molar-refractivity contribution in [1.82, 2.24) is 0 Å². The first kappa shape index (κ1) is 116. The summed E-state index contributed by atoms with van der Waals surface area (Å²) >= 11 is 0. The van der Waals surface area contributed by atoms with E-state index >= 15 is 9.59 Å². The summed E-state index contributed by atoms with van der Waals surface area (Å²) in [6.07, 6.45) is 2.63. The summed E-state index contributed by atoms with van der Waals surface area (Å²) in [6, 6.07) is 49.9. The molecule has 10 aromatic carbocycles. The number of aromatic hydroxyl groups is 8. The Morgan fingerprint density at radius 3 is 0.657 bits per heavy atom. The highest BCUT2D eigenvalue weighted by atomic mass is 16.3. The van der Waals surface area contributed by atoms with Crippen LogP contribution in [0.15, 0.2) is 195 Å². The predicted octanol–water partition coefficient (Wildman–Crippen LogP) is 28.8. The molecule has 0 radical (unpaired) electrons. The molecule has 772 valence electrons. The number of phenolic OH excluding ortho intramolecular Hbond substituents is 6. The summed E-state index contributed by atoms with van der Waals surface area (Å²) in [6.45, 7) is 81.8. The summed E-state index contributed by atoms with van der Waals surface area (Å²) in [4.78, 5) is 50.8. The highest BCUT2D eigenvalue weighted by Gasteiger charge is 2.47. The van der Waals surface area contributed by atoms with E-state index in [-0.39, 0.29) is 136 Å². The van der Waals surface area contributed by atoms with Crippen LogP contribution >= 0.6 is 0 Å². The molecule has 10 aromatic rings. The average molecular weight is 1950 g/mol. The Hall–Kier alpha value is -11.9. The summed E-state index contributed by atoms with van der Waals surface area (Å²) in [5.74, 6) is -7.01. The van der Waals surface area contributed by atoms with E-state index in [1.54, 1.807) is 0 Å². The van der Waals surface area contributed by atoms with Crippen LogP contribution in [0.3, 0.4) is 0 Å². The van der Waals surface area contributed by atoms with Gasteiger partial charge in [0.15, 0.2) is 5.78 Å². The maximum atomic E-state index is 15.4. The van der Waals surface area contributed by atoms with Gasteiger partial charge >= 0.3 is 0 Å². The van der Waals surface area contributed by atoms with Gasteiger partial charge < -0.3 is 61.3 Å². The minimum atomic E-state index is -1.01. The van der Waals surface area contributed by atoms with Gasteiger partial charge in [-0.15, -0.1) is 0 Å². The zero-order chi connectivity index (χ0) is 109. The zero-order valence-electron chi connectivity index (χ0n) is 93.2. The molecule has 0 spiro atoms. The molecular formula is C127H168O16. The fourth-order valence-corrected chi connectivity index (χ4v) is 17.0. The van der Waals surface area contributed by atoms with Crippen LogP contribution in [0, 0.1) is 6.92 Å². The molecule has 12 rings (SSSR count). The van der Waals surface area contributed by atoms with Gasteiger partial charge in [0.25, 0.3) is 10.9 Å². The molecular weight excluding hydrogens is 1780 g/mol. The monoisotopic (exact) mass is 1950 g/mol. The van der Waals surface area contributed by atoms with Crippen LogP contribution in [0.2, 0.25) is 0 Å². The highest BCUT2D eigenvalue weighted by Crippen LogP contribution is 2.55. The standard InChI is InChI=1S/C76H98O8.C36H50O3.C7H8.C4H2O4.C4H10O/c1-69(2,3)45-25-41(26-46(37-45)70(4,5)6)33-53-61(77)54(34-42-27-47(71(7,8)9)38-48(28-42)72(10,11)12)64(80)57(63(53)79)59-67(83)60(68(59)84)58-65(81)55(35-43-29-49(73(13,14)15)39-50(30-43)74(16,17)18)62(78)56(66(58)82)36-44-31-51(75(19,20)21)40-52(32-44)76(22,23)24;1-33(2,3)24-13-22(14-25(19-24)34(4,5)6)17-28-30(37)21-31(38)29(32(28)39)18-23-15-26(35(7,8)9)20-27(16-23)36(10,11)12;1-7-5-3-2-4-6-7;5-1-2(6)4(8)3(1)7;1-2-3-4-5/h25-32,37-40,77-81,83H,33-36H2,1-24H3;13-16,19-21,37-39H,17-18H2,1-12H3;2-6H,1H3;5-6H;5H,2-4H2,1H3/b60-58-;;;;. The highest BCUT2D eigenvalue weighted by molar-refractivity contribution is 6.42. The number of carbonyl (C=O) groups excluding carboxylic acids is 2. The molecule has 143 heavy (non-hydrogen) atoms. The molecule has 0 saturated heterocycles. The van der Waals surface area contributed by atoms with Crippen LogP contribution in [-0.4, -0.2) is 79.5 Å². The van der Waals surface area contributed by atoms with Gasteiger partial charge in [-0.3, -0.25) is 19.2 Å². The molecule has 0 bridgehead atoms. The Morgan fingerprint density at radius 2 is 0.455 bits per heavy atom. The fraction of sp³-hybridized carbons (Fsp3) is 0.465. The summed E-state index contributed by atoms with van der Waals surface area (Å²) in [7, 11) is 0. The molecule has 0 aliphatic heterocycles. The van der Waals surface area contributed by atoms with Gasteiger partial charge in [-0.2, -0.15) is 0 Å². The number of carbonyl (C=O) groups is 2. The van der Waals surface area contributed by atoms with E-state index in [4.69, 9.17) is 15.3 Å². The summed E-state index contributed by atoms with van der Waals surface area (Å²) in [5.41, 5.74) is 14.2. The third kappa shape index (κ3) is 28.4. The number of aryl methyl sites for hydroxylation is 1. The topological polar surface area (TPSA) is 311 Å². The number of Topliss-reactive ketones (excluding diaryl/α,β-unsaturated/α-hetero) is 2. The van der Waals surface area contributed by atoms with Crippen molar-refractivity contribution in [2.45, 2.75) is 379 Å². The molecule has 16 nitrogen and oxygen atoms in total. The molecule has 0 unspecified atom stereocenters. The van der Waals surface area contributed by atoms with Crippen molar-refractivity contribution in [3.8, 4) is 46.0 Å². The van der Waals surface area contributed by atoms with Gasteiger partial charge in [-0.25, -0.2) is 0 Å². The lowest BCUT2D eigenvalue weighted by atomic mass is 9.73. The quantitative estimate of drug-likeness (QED) is 0.0335. The maximum absolute atomic E-state index is 15.4. The van der Waals surface area contributed by atoms with Gasteiger partial charge in [-0.05, 0) is 178 Å². The SMILES string of the molecule is CC(C)(C)c1cc(CC2=C(O)C(Cc3cc(C(C)(C)C)cc(C(C)(C)C)c3)=C(O)/C(=C3/C(=O)C(c4c(O)c(Cc5cc(C(C)(C)C)cc(C(C)(C)C)c5)c(O)c(Cc5cc(C(C)(C)C)cc(C(C)(C)C)c5)c4O)=C3O)C2=O)cc(C(C)(C)C)c1.CC(C)(C)c1cc(Cc2c(O)cc(O)c(Cc3cc(C(C)(C)C)cc(C(C)(C)C)c3)c2O)cc(C(C)(C)C)c1.CCCCO.Cc1ccccc1.O=c1c(O)c(O)c1=O. The van der Waals surface area contributed by atoms with Gasteiger partial charge in [0.2, 0.25) is 17.3 Å². The molecule has 0 atom stereocenters. The first-order valence-corrected chi connectivity index (χ1v) is 50.4. The molecule has 0 amide bonds. The van der Waals surface area contributed by atoms with E-state index in [2.05, 4.69) is 336 Å². The van der Waals surface area contributed by atoms with Gasteiger partial charge in [0, 0.05) is 84.6 Å². The smallest absolute Gasteiger partial charge is 0.275 e. The second kappa shape index (κ2) is 42.8. The average Bonchev–Trinajstić information content (AvgIpc) is 0.706. The fourth-order valence-electron chi connectivity index (χ4n) is 17.0. The van der Waals surface area contributed by atoms with E-state index < -0.39 is 85.0 Å². The first-order chi connectivity index (χ1) is 65.0. The minimum absolute atomic E-state index is 0.00853. The first-order valence-electron chi connectivity index (χ1n) is 50.4. The lowest BCUT2D eigenvalue weighted by Gasteiger charge is -2.30. The number of hydrogen-bond donors (Lipinski definition) is 12. The Morgan fingerprint density at radius 1 is 0.231 bits per heavy atom. The normalized spacial score (nSPS) is 14.5. The van der Waals surface area contributed by atoms with Crippen LogP contribution in [0.25, 0.3) is 5.57 Å². The lowest BCUT2D eigenvalue weighted by Crippen LogP contribution is -2.30. The minimum Gasteiger partial charge on any atom is -0.507 e. The van der Waals surface area contributed by atoms with Crippen LogP contribution in [0.5, 0.6) is 46.0 Å². The number of aliphatic hydroxyl groups is 4. The molecule has 0 aromatic heterocycles. The van der Waals surface area contributed by atoms with Crippen molar-refractivity contribution in [3.63, 3.8) is 0 Å². The number of benzene rings is 9. The van der Waals surface area contributed by atoms with E-state index in [9.17, 15) is 55.5 Å². The van der Waals surface area contributed by atoms with Crippen LogP contribution in [0.4, 0.5) is 0 Å². The van der Waals surface area contributed by atoms with Crippen molar-refractivity contribution in [2.75, 3.05) is 6.61 Å². The molecule has 0 saturated carbocycles. The number of phenols is 6. The Bertz CT molecular complexity index is 6180. The zero-order valence-corrected chi connectivity index (χ0v) is 93.2. The van der Waals surface area contributed by atoms with Gasteiger partial charge in [-0.1, -0.05) is 408 Å². The number of rotatable bonds is 15.